The predicted octanol–water partition coefficient (Wildman–Crippen LogP) is 1.58. The highest BCUT2D eigenvalue weighted by Gasteiger charge is 2.33. The number of hydrogen-bond acceptors (Lipinski definition) is 5. The molecule has 0 spiro atoms. The molecule has 0 unspecified atom stereocenters. The molecule has 32 heavy (non-hydrogen) atoms. The Bertz CT molecular complexity index is 1220. The zero-order chi connectivity index (χ0) is 22.2. The van der Waals surface area contributed by atoms with Gasteiger partial charge in [0, 0.05) is 18.9 Å². The molecule has 0 fully saturated rings. The number of likely N-dealkylation sites (N-methyl/N-ethyl adjacent to an activating group) is 1. The van der Waals surface area contributed by atoms with Gasteiger partial charge in [-0.2, -0.15) is 5.10 Å². The SMILES string of the molecule is CN1C(=O)[C@@H](NC(=O)c2cnn(Cc3ccccc3)c2)COc2cc3c(cc21)NC(=O)C3. The minimum absolute atomic E-state index is 0.0137. The zero-order valence-corrected chi connectivity index (χ0v) is 17.4. The maximum Gasteiger partial charge on any atom is 0.255 e. The van der Waals surface area contributed by atoms with Crippen LogP contribution in [0.3, 0.4) is 0 Å². The van der Waals surface area contributed by atoms with Crippen molar-refractivity contribution in [2.24, 2.45) is 0 Å². The molecule has 1 atom stereocenters. The van der Waals surface area contributed by atoms with E-state index in [1.54, 1.807) is 30.1 Å². The van der Waals surface area contributed by atoms with Gasteiger partial charge in [0.2, 0.25) is 5.91 Å². The van der Waals surface area contributed by atoms with Gasteiger partial charge in [-0.05, 0) is 23.3 Å². The van der Waals surface area contributed by atoms with Gasteiger partial charge in [-0.25, -0.2) is 0 Å². The molecule has 0 saturated carbocycles. The highest BCUT2D eigenvalue weighted by Crippen LogP contribution is 2.38. The van der Waals surface area contributed by atoms with E-state index in [0.29, 0.717) is 29.2 Å². The first-order valence-electron chi connectivity index (χ1n) is 10.2. The molecular formula is C23H21N5O4. The Morgan fingerprint density at radius 3 is 2.88 bits per heavy atom. The number of anilines is 2. The lowest BCUT2D eigenvalue weighted by atomic mass is 10.1. The smallest absolute Gasteiger partial charge is 0.255 e. The van der Waals surface area contributed by atoms with E-state index in [2.05, 4.69) is 15.7 Å². The van der Waals surface area contributed by atoms with Crippen LogP contribution in [-0.4, -0.2) is 47.2 Å². The number of hydrogen-bond donors (Lipinski definition) is 2. The number of carbonyl (C=O) groups excluding carboxylic acids is 3. The number of amides is 3. The van der Waals surface area contributed by atoms with E-state index < -0.39 is 11.9 Å². The fourth-order valence-corrected chi connectivity index (χ4v) is 3.90. The van der Waals surface area contributed by atoms with E-state index in [0.717, 1.165) is 11.1 Å². The van der Waals surface area contributed by atoms with Crippen molar-refractivity contribution in [3.63, 3.8) is 0 Å². The van der Waals surface area contributed by atoms with E-state index in [4.69, 9.17) is 4.74 Å². The van der Waals surface area contributed by atoms with Crippen LogP contribution in [0, 0.1) is 0 Å². The Morgan fingerprint density at radius 1 is 1.25 bits per heavy atom. The van der Waals surface area contributed by atoms with Gasteiger partial charge >= 0.3 is 0 Å². The summed E-state index contributed by atoms with van der Waals surface area (Å²) in [5, 5.41) is 9.78. The first-order chi connectivity index (χ1) is 15.5. The Kier molecular flexibility index (Phi) is 4.85. The second kappa shape index (κ2) is 7.84. The molecule has 5 rings (SSSR count). The molecule has 2 aromatic carbocycles. The van der Waals surface area contributed by atoms with Gasteiger partial charge < -0.3 is 20.3 Å². The van der Waals surface area contributed by atoms with Crippen molar-refractivity contribution in [1.82, 2.24) is 15.1 Å². The summed E-state index contributed by atoms with van der Waals surface area (Å²) in [5.41, 5.74) is 3.47. The van der Waals surface area contributed by atoms with Gasteiger partial charge in [0.1, 0.15) is 18.4 Å². The van der Waals surface area contributed by atoms with Crippen LogP contribution < -0.4 is 20.3 Å². The molecule has 0 aliphatic carbocycles. The summed E-state index contributed by atoms with van der Waals surface area (Å²) >= 11 is 0. The Balaban J connectivity index is 1.29. The molecular weight excluding hydrogens is 410 g/mol. The Labute approximate surface area is 184 Å². The summed E-state index contributed by atoms with van der Waals surface area (Å²) in [5.74, 6) is -0.297. The largest absolute Gasteiger partial charge is 0.489 e. The second-order valence-electron chi connectivity index (χ2n) is 7.85. The Hall–Kier alpha value is -4.14. The summed E-state index contributed by atoms with van der Waals surface area (Å²) in [6, 6.07) is 12.4. The number of rotatable bonds is 4. The maximum absolute atomic E-state index is 13.0. The van der Waals surface area contributed by atoms with Gasteiger partial charge in [-0.15, -0.1) is 0 Å². The normalized spacial score (nSPS) is 17.2. The van der Waals surface area contributed by atoms with Crippen molar-refractivity contribution in [3.8, 4) is 5.75 Å². The standard InChI is InChI=1S/C23H21N5O4/c1-27-19-9-17-15(8-21(29)25-17)7-20(19)32-13-18(23(27)31)26-22(30)16-10-24-28(12-16)11-14-5-3-2-4-6-14/h2-7,9-10,12,18H,8,11,13H2,1H3,(H,25,29)(H,26,30)/t18-/m0/s1. The van der Waals surface area contributed by atoms with Gasteiger partial charge in [0.15, 0.2) is 0 Å². The lowest BCUT2D eigenvalue weighted by Gasteiger charge is -2.20. The summed E-state index contributed by atoms with van der Waals surface area (Å²) in [6.45, 7) is 0.527. The number of nitrogens with zero attached hydrogens (tertiary/aromatic N) is 3. The van der Waals surface area contributed by atoms with E-state index >= 15 is 0 Å². The molecule has 0 saturated heterocycles. The van der Waals surface area contributed by atoms with Crippen LogP contribution in [0.2, 0.25) is 0 Å². The molecule has 3 heterocycles. The molecule has 3 amide bonds. The van der Waals surface area contributed by atoms with Crippen LogP contribution in [-0.2, 0) is 22.6 Å². The van der Waals surface area contributed by atoms with Crippen molar-refractivity contribution in [1.29, 1.82) is 0 Å². The van der Waals surface area contributed by atoms with E-state index in [1.165, 1.54) is 11.1 Å². The van der Waals surface area contributed by atoms with Crippen LogP contribution in [0.1, 0.15) is 21.5 Å². The number of aromatic nitrogens is 2. The lowest BCUT2D eigenvalue weighted by Crippen LogP contribution is -2.49. The number of carbonyl (C=O) groups is 3. The Morgan fingerprint density at radius 2 is 2.06 bits per heavy atom. The van der Waals surface area contributed by atoms with Crippen LogP contribution in [0.5, 0.6) is 5.75 Å². The van der Waals surface area contributed by atoms with Crippen LogP contribution in [0.25, 0.3) is 0 Å². The van der Waals surface area contributed by atoms with Crippen LogP contribution in [0.4, 0.5) is 11.4 Å². The fraction of sp³-hybridized carbons (Fsp3) is 0.217. The topological polar surface area (TPSA) is 106 Å². The van der Waals surface area contributed by atoms with Gasteiger partial charge in [0.05, 0.1) is 30.4 Å². The molecule has 3 aromatic rings. The maximum atomic E-state index is 13.0. The molecule has 1 aromatic heterocycles. The average molecular weight is 431 g/mol. The lowest BCUT2D eigenvalue weighted by molar-refractivity contribution is -0.120. The third-order valence-electron chi connectivity index (χ3n) is 5.59. The van der Waals surface area contributed by atoms with Crippen molar-refractivity contribution in [2.45, 2.75) is 19.0 Å². The van der Waals surface area contributed by atoms with E-state index in [9.17, 15) is 14.4 Å². The van der Waals surface area contributed by atoms with Gasteiger partial charge in [-0.3, -0.25) is 19.1 Å². The molecule has 0 radical (unpaired) electrons. The molecule has 0 bridgehead atoms. The minimum Gasteiger partial charge on any atom is -0.489 e. The van der Waals surface area contributed by atoms with Gasteiger partial charge in [0.25, 0.3) is 11.8 Å². The van der Waals surface area contributed by atoms with Gasteiger partial charge in [-0.1, -0.05) is 30.3 Å². The number of fused-ring (bicyclic) bond motifs is 2. The highest BCUT2D eigenvalue weighted by atomic mass is 16.5. The van der Waals surface area contributed by atoms with Crippen molar-refractivity contribution in [3.05, 3.63) is 71.5 Å². The number of ether oxygens (including phenoxy) is 1. The van der Waals surface area contributed by atoms with Crippen molar-refractivity contribution >= 4 is 29.1 Å². The molecule has 9 heteroatoms. The number of nitrogens with one attached hydrogen (secondary N) is 2. The van der Waals surface area contributed by atoms with Crippen LogP contribution >= 0.6 is 0 Å². The third kappa shape index (κ3) is 3.68. The summed E-state index contributed by atoms with van der Waals surface area (Å²) in [7, 11) is 1.62. The first kappa shape index (κ1) is 19.8. The highest BCUT2D eigenvalue weighted by molar-refractivity contribution is 6.05. The second-order valence-corrected chi connectivity index (χ2v) is 7.85. The average Bonchev–Trinajstić information content (AvgIpc) is 3.38. The molecule has 9 nitrogen and oxygen atoms in total. The van der Waals surface area contributed by atoms with Crippen LogP contribution in [0.15, 0.2) is 54.9 Å². The fourth-order valence-electron chi connectivity index (χ4n) is 3.90. The molecule has 162 valence electrons. The number of benzene rings is 2. The van der Waals surface area contributed by atoms with Crippen molar-refractivity contribution < 1.29 is 19.1 Å². The van der Waals surface area contributed by atoms with Crippen molar-refractivity contribution in [2.75, 3.05) is 23.9 Å². The first-order valence-corrected chi connectivity index (χ1v) is 10.2. The minimum atomic E-state index is -0.859. The quantitative estimate of drug-likeness (QED) is 0.653. The molecule has 2 aliphatic heterocycles. The van der Waals surface area contributed by atoms with E-state index in [1.807, 2.05) is 30.3 Å². The van der Waals surface area contributed by atoms with E-state index in [-0.39, 0.29) is 24.8 Å². The summed E-state index contributed by atoms with van der Waals surface area (Å²) < 4.78 is 7.52. The zero-order valence-electron chi connectivity index (χ0n) is 17.4. The molecule has 2 aliphatic rings. The monoisotopic (exact) mass is 431 g/mol. The molecule has 2 N–H and O–H groups in total. The summed E-state index contributed by atoms with van der Waals surface area (Å²) in [4.78, 5) is 38.9. The predicted molar refractivity (Wildman–Crippen MR) is 117 cm³/mol. The summed E-state index contributed by atoms with van der Waals surface area (Å²) in [6.07, 6.45) is 3.40. The third-order valence-corrected chi connectivity index (χ3v) is 5.59.